The van der Waals surface area contributed by atoms with E-state index in [2.05, 4.69) is 38.4 Å². The first-order chi connectivity index (χ1) is 25.8. The summed E-state index contributed by atoms with van der Waals surface area (Å²) in [6.45, 7) is 3.69. The maximum Gasteiger partial charge on any atom is 0.410 e. The number of amides is 5. The van der Waals surface area contributed by atoms with Gasteiger partial charge in [-0.3, -0.25) is 34.1 Å². The van der Waals surface area contributed by atoms with Crippen LogP contribution in [0.2, 0.25) is 0 Å². The van der Waals surface area contributed by atoms with Crippen LogP contribution in [-0.2, 0) is 20.9 Å². The molecule has 0 radical (unpaired) electrons. The van der Waals surface area contributed by atoms with Gasteiger partial charge >= 0.3 is 6.09 Å². The molecule has 0 spiro atoms. The van der Waals surface area contributed by atoms with Crippen molar-refractivity contribution in [2.24, 2.45) is 5.92 Å². The Kier molecular flexibility index (Phi) is 8.35. The van der Waals surface area contributed by atoms with Crippen LogP contribution in [0.5, 0.6) is 0 Å². The molecular formula is C40H41N7O6. The number of benzene rings is 3. The first-order valence-electron chi connectivity index (χ1n) is 18.6. The lowest BCUT2D eigenvalue weighted by Gasteiger charge is -2.36. The Labute approximate surface area is 306 Å². The number of hydrogen-bond acceptors (Lipinski definition) is 9. The minimum atomic E-state index is -0.979. The van der Waals surface area contributed by atoms with Gasteiger partial charge in [0, 0.05) is 61.8 Å². The van der Waals surface area contributed by atoms with E-state index in [1.54, 1.807) is 23.1 Å². The molecule has 5 aliphatic rings. The fraction of sp³-hybridized carbons (Fsp3) is 0.400. The third kappa shape index (κ3) is 6.27. The normalized spacial score (nSPS) is 22.9. The van der Waals surface area contributed by atoms with Gasteiger partial charge in [-0.1, -0.05) is 30.3 Å². The molecule has 2 saturated carbocycles. The lowest BCUT2D eigenvalue weighted by atomic mass is 9.80. The van der Waals surface area contributed by atoms with Crippen molar-refractivity contribution in [1.29, 1.82) is 0 Å². The van der Waals surface area contributed by atoms with E-state index in [9.17, 15) is 24.0 Å². The Morgan fingerprint density at radius 3 is 2.40 bits per heavy atom. The Morgan fingerprint density at radius 1 is 0.868 bits per heavy atom. The second kappa shape index (κ2) is 13.4. The molecule has 2 saturated heterocycles. The van der Waals surface area contributed by atoms with Gasteiger partial charge in [0.15, 0.2) is 0 Å². The van der Waals surface area contributed by atoms with E-state index in [1.165, 1.54) is 11.1 Å². The molecule has 13 nitrogen and oxygen atoms in total. The zero-order valence-corrected chi connectivity index (χ0v) is 29.3. The molecule has 272 valence electrons. The summed E-state index contributed by atoms with van der Waals surface area (Å²) in [5.41, 5.74) is 5.78. The number of rotatable bonds is 9. The zero-order chi connectivity index (χ0) is 36.2. The van der Waals surface area contributed by atoms with Gasteiger partial charge in [-0.15, -0.1) is 0 Å². The predicted octanol–water partition coefficient (Wildman–Crippen LogP) is 4.84. The number of piperazine rings is 1. The number of fused-ring (bicyclic) bond motifs is 2. The van der Waals surface area contributed by atoms with Gasteiger partial charge in [0.2, 0.25) is 11.8 Å². The summed E-state index contributed by atoms with van der Waals surface area (Å²) in [5, 5.41) is 12.1. The van der Waals surface area contributed by atoms with Crippen LogP contribution in [0.4, 0.5) is 16.2 Å². The fourth-order valence-electron chi connectivity index (χ4n) is 8.15. The molecule has 4 heterocycles. The van der Waals surface area contributed by atoms with Crippen molar-refractivity contribution in [2.45, 2.75) is 63.1 Å². The molecule has 3 aliphatic heterocycles. The number of anilines is 2. The standard InChI is InChI=1S/C40H41N7O6/c48-35-13-12-34(37(49)42-35)46-38(50)30-10-8-27(20-31(30)39(46)51)41-22-25-18-29(19-25)47-33-11-9-28(21-32(33)36(43-47)26-6-7-26)44-14-16-45(17-15-44)40(52)53-23-24-4-2-1-3-5-24/h1-5,8-11,20-21,25-26,29,34,41H,6-7,12-19,22-23H2,(H,42,48,49). The Morgan fingerprint density at radius 2 is 1.64 bits per heavy atom. The lowest BCUT2D eigenvalue weighted by molar-refractivity contribution is -0.136. The monoisotopic (exact) mass is 715 g/mol. The van der Waals surface area contributed by atoms with Crippen LogP contribution in [0.25, 0.3) is 10.9 Å². The van der Waals surface area contributed by atoms with Gasteiger partial charge in [-0.2, -0.15) is 5.10 Å². The summed E-state index contributed by atoms with van der Waals surface area (Å²) < 4.78 is 7.79. The number of piperidine rings is 1. The van der Waals surface area contributed by atoms with Crippen molar-refractivity contribution in [2.75, 3.05) is 42.9 Å². The summed E-state index contributed by atoms with van der Waals surface area (Å²) in [7, 11) is 0. The Hall–Kier alpha value is -5.72. The number of aromatic nitrogens is 2. The first-order valence-corrected chi connectivity index (χ1v) is 18.6. The van der Waals surface area contributed by atoms with Crippen molar-refractivity contribution in [3.8, 4) is 0 Å². The smallest absolute Gasteiger partial charge is 0.410 e. The third-order valence-electron chi connectivity index (χ3n) is 11.4. The van der Waals surface area contributed by atoms with Crippen LogP contribution in [-0.4, -0.2) is 88.1 Å². The summed E-state index contributed by atoms with van der Waals surface area (Å²) in [6, 6.07) is 20.9. The molecule has 1 unspecified atom stereocenters. The molecule has 3 aromatic carbocycles. The maximum atomic E-state index is 13.2. The second-order valence-corrected chi connectivity index (χ2v) is 14.9. The highest BCUT2D eigenvalue weighted by Gasteiger charge is 2.45. The Balaban J connectivity index is 0.809. The first kappa shape index (κ1) is 33.1. The van der Waals surface area contributed by atoms with Crippen molar-refractivity contribution >= 4 is 52.0 Å². The minimum absolute atomic E-state index is 0.0882. The quantitative estimate of drug-likeness (QED) is 0.233. The molecule has 9 rings (SSSR count). The van der Waals surface area contributed by atoms with E-state index in [4.69, 9.17) is 9.84 Å². The van der Waals surface area contributed by atoms with Gasteiger partial charge < -0.3 is 19.9 Å². The van der Waals surface area contributed by atoms with E-state index >= 15 is 0 Å². The van der Waals surface area contributed by atoms with Crippen LogP contribution in [0, 0.1) is 5.92 Å². The van der Waals surface area contributed by atoms with Crippen molar-refractivity contribution < 1.29 is 28.7 Å². The predicted molar refractivity (Wildman–Crippen MR) is 195 cm³/mol. The number of ether oxygens (including phenoxy) is 1. The topological polar surface area (TPSA) is 146 Å². The lowest BCUT2D eigenvalue weighted by Crippen LogP contribution is -2.54. The van der Waals surface area contributed by atoms with E-state index in [0.717, 1.165) is 72.7 Å². The number of nitrogens with one attached hydrogen (secondary N) is 2. The van der Waals surface area contributed by atoms with Crippen molar-refractivity contribution in [3.05, 3.63) is 89.1 Å². The second-order valence-electron chi connectivity index (χ2n) is 14.9. The third-order valence-corrected chi connectivity index (χ3v) is 11.4. The highest BCUT2D eigenvalue weighted by molar-refractivity contribution is 6.23. The number of nitrogens with zero attached hydrogens (tertiary/aromatic N) is 5. The highest BCUT2D eigenvalue weighted by Crippen LogP contribution is 2.46. The molecular weight excluding hydrogens is 674 g/mol. The van der Waals surface area contributed by atoms with Crippen LogP contribution < -0.4 is 15.5 Å². The molecule has 0 bridgehead atoms. The molecule has 53 heavy (non-hydrogen) atoms. The van der Waals surface area contributed by atoms with E-state index in [0.29, 0.717) is 31.0 Å². The van der Waals surface area contributed by atoms with E-state index in [1.807, 2.05) is 30.3 Å². The largest absolute Gasteiger partial charge is 0.445 e. The fourth-order valence-corrected chi connectivity index (χ4v) is 8.15. The molecule has 5 amide bonds. The maximum absolute atomic E-state index is 13.2. The molecule has 4 fully saturated rings. The Bertz CT molecular complexity index is 2130. The van der Waals surface area contributed by atoms with Gasteiger partial charge in [-0.25, -0.2) is 4.79 Å². The summed E-state index contributed by atoms with van der Waals surface area (Å²) in [5.74, 6) is -1.09. The van der Waals surface area contributed by atoms with Crippen LogP contribution in [0.15, 0.2) is 66.7 Å². The average Bonchev–Trinajstić information content (AvgIpc) is 3.90. The van der Waals surface area contributed by atoms with Gasteiger partial charge in [0.05, 0.1) is 28.4 Å². The van der Waals surface area contributed by atoms with Crippen molar-refractivity contribution in [1.82, 2.24) is 24.9 Å². The van der Waals surface area contributed by atoms with Crippen LogP contribution in [0.3, 0.4) is 0 Å². The molecule has 2 aliphatic carbocycles. The van der Waals surface area contributed by atoms with E-state index in [-0.39, 0.29) is 36.7 Å². The van der Waals surface area contributed by atoms with Crippen LogP contribution in [0.1, 0.15) is 82.5 Å². The van der Waals surface area contributed by atoms with Gasteiger partial charge in [0.25, 0.3) is 11.8 Å². The number of hydrogen-bond donors (Lipinski definition) is 2. The molecule has 13 heteroatoms. The molecule has 2 N–H and O–H groups in total. The van der Waals surface area contributed by atoms with Crippen molar-refractivity contribution in [3.63, 3.8) is 0 Å². The number of carbonyl (C=O) groups excluding carboxylic acids is 5. The van der Waals surface area contributed by atoms with Crippen LogP contribution >= 0.6 is 0 Å². The molecule has 1 atom stereocenters. The summed E-state index contributed by atoms with van der Waals surface area (Å²) in [4.78, 5) is 68.1. The number of carbonyl (C=O) groups is 5. The average molecular weight is 716 g/mol. The minimum Gasteiger partial charge on any atom is -0.445 e. The zero-order valence-electron chi connectivity index (χ0n) is 29.3. The molecule has 4 aromatic rings. The summed E-state index contributed by atoms with van der Waals surface area (Å²) in [6.07, 6.45) is 4.23. The van der Waals surface area contributed by atoms with E-state index < -0.39 is 29.7 Å². The van der Waals surface area contributed by atoms with Gasteiger partial charge in [-0.05, 0) is 80.0 Å². The molecule has 1 aromatic heterocycles. The summed E-state index contributed by atoms with van der Waals surface area (Å²) >= 11 is 0. The highest BCUT2D eigenvalue weighted by atomic mass is 16.6. The van der Waals surface area contributed by atoms with Gasteiger partial charge in [0.1, 0.15) is 12.6 Å². The number of imide groups is 2. The SMILES string of the molecule is O=C1CCC(N2C(=O)c3ccc(NCC4CC(n5nc(C6CC6)c6cc(N7CCN(C(=O)OCc8ccccc8)CC7)ccc65)C4)cc3C2=O)C(=O)N1.